The molecule has 1 saturated heterocycles. The van der Waals surface area contributed by atoms with Crippen LogP contribution in [0, 0.1) is 5.92 Å². The van der Waals surface area contributed by atoms with Gasteiger partial charge in [0.05, 0.1) is 5.60 Å². The molecule has 2 nitrogen and oxygen atoms in total. The van der Waals surface area contributed by atoms with E-state index < -0.39 is 5.60 Å². The summed E-state index contributed by atoms with van der Waals surface area (Å²) in [5.74, 6) is 0.377. The minimum Gasteiger partial charge on any atom is -0.389 e. The highest BCUT2D eigenvalue weighted by Crippen LogP contribution is 2.33. The minimum atomic E-state index is -0.510. The van der Waals surface area contributed by atoms with Crippen molar-refractivity contribution in [2.75, 3.05) is 13.1 Å². The predicted molar refractivity (Wildman–Crippen MR) is 71.9 cm³/mol. The van der Waals surface area contributed by atoms with Crippen LogP contribution in [0.15, 0.2) is 15.9 Å². The van der Waals surface area contributed by atoms with Crippen LogP contribution in [0.1, 0.15) is 24.6 Å². The van der Waals surface area contributed by atoms with Gasteiger partial charge in [0, 0.05) is 33.6 Å². The van der Waals surface area contributed by atoms with Gasteiger partial charge >= 0.3 is 0 Å². The fourth-order valence-corrected chi connectivity index (χ4v) is 4.05. The maximum Gasteiger partial charge on any atom is 0.0747 e. The summed E-state index contributed by atoms with van der Waals surface area (Å²) in [7, 11) is 0. The minimum absolute atomic E-state index is 0.377. The Morgan fingerprint density at radius 3 is 3.12 bits per heavy atom. The molecule has 16 heavy (non-hydrogen) atoms. The van der Waals surface area contributed by atoms with Crippen LogP contribution in [0.2, 0.25) is 0 Å². The quantitative estimate of drug-likeness (QED) is 0.900. The number of hydrogen-bond acceptors (Lipinski definition) is 3. The lowest BCUT2D eigenvalue weighted by Gasteiger charge is -2.40. The van der Waals surface area contributed by atoms with E-state index in [9.17, 15) is 5.11 Å². The highest BCUT2D eigenvalue weighted by atomic mass is 79.9. The van der Waals surface area contributed by atoms with Gasteiger partial charge in [-0.3, -0.25) is 0 Å². The summed E-state index contributed by atoms with van der Waals surface area (Å²) in [5, 5.41) is 16.2. The fraction of sp³-hybridized carbons (Fsp3) is 0.667. The smallest absolute Gasteiger partial charge is 0.0747 e. The Morgan fingerprint density at radius 1 is 1.69 bits per heavy atom. The molecule has 2 heterocycles. The summed E-state index contributed by atoms with van der Waals surface area (Å²) in [6, 6.07) is 2.12. The van der Waals surface area contributed by atoms with Gasteiger partial charge < -0.3 is 10.4 Å². The lowest BCUT2D eigenvalue weighted by atomic mass is 9.77. The third kappa shape index (κ3) is 2.67. The number of aliphatic hydroxyl groups is 1. The van der Waals surface area contributed by atoms with Crippen molar-refractivity contribution in [3.63, 3.8) is 0 Å². The second-order valence-electron chi connectivity index (χ2n) is 4.57. The van der Waals surface area contributed by atoms with E-state index in [-0.39, 0.29) is 0 Å². The van der Waals surface area contributed by atoms with E-state index in [0.717, 1.165) is 36.8 Å². The van der Waals surface area contributed by atoms with Crippen molar-refractivity contribution < 1.29 is 5.11 Å². The molecule has 1 aliphatic heterocycles. The first-order valence-corrected chi connectivity index (χ1v) is 7.47. The highest BCUT2D eigenvalue weighted by Gasteiger charge is 2.37. The Kier molecular flexibility index (Phi) is 4.06. The van der Waals surface area contributed by atoms with Crippen LogP contribution >= 0.6 is 27.3 Å². The number of nitrogens with one attached hydrogen (secondary N) is 1. The van der Waals surface area contributed by atoms with Crippen LogP contribution in [-0.2, 0) is 6.42 Å². The van der Waals surface area contributed by atoms with E-state index in [2.05, 4.69) is 39.6 Å². The van der Waals surface area contributed by atoms with E-state index in [1.807, 2.05) is 0 Å². The van der Waals surface area contributed by atoms with Gasteiger partial charge in [-0.15, -0.1) is 11.3 Å². The third-order valence-electron chi connectivity index (χ3n) is 3.48. The Hall–Kier alpha value is 0.1000. The average molecular weight is 304 g/mol. The molecule has 0 bridgehead atoms. The number of halogens is 1. The van der Waals surface area contributed by atoms with Crippen LogP contribution in [0.4, 0.5) is 0 Å². The zero-order chi connectivity index (χ0) is 11.6. The van der Waals surface area contributed by atoms with Crippen molar-refractivity contribution >= 4 is 27.3 Å². The summed E-state index contributed by atoms with van der Waals surface area (Å²) in [6.45, 7) is 4.03. The van der Waals surface area contributed by atoms with Gasteiger partial charge in [-0.2, -0.15) is 0 Å². The monoisotopic (exact) mass is 303 g/mol. The first kappa shape index (κ1) is 12.6. The maximum atomic E-state index is 10.7. The molecule has 0 saturated carbocycles. The van der Waals surface area contributed by atoms with Gasteiger partial charge in [-0.25, -0.2) is 0 Å². The Bertz CT molecular complexity index is 355. The SMILES string of the molecule is CCC1CNCCC1(O)Cc1cc(Br)cs1. The second kappa shape index (κ2) is 5.17. The first-order valence-electron chi connectivity index (χ1n) is 5.80. The summed E-state index contributed by atoms with van der Waals surface area (Å²) in [6.07, 6.45) is 2.69. The predicted octanol–water partition coefficient (Wildman–Crippen LogP) is 2.80. The Morgan fingerprint density at radius 2 is 2.50 bits per heavy atom. The van der Waals surface area contributed by atoms with Crippen molar-refractivity contribution in [2.24, 2.45) is 5.92 Å². The van der Waals surface area contributed by atoms with E-state index >= 15 is 0 Å². The third-order valence-corrected chi connectivity index (χ3v) is 5.18. The van der Waals surface area contributed by atoms with Crippen molar-refractivity contribution in [2.45, 2.75) is 31.8 Å². The summed E-state index contributed by atoms with van der Waals surface area (Å²) < 4.78 is 1.12. The van der Waals surface area contributed by atoms with Crippen molar-refractivity contribution in [1.82, 2.24) is 5.32 Å². The standard InChI is InChI=1S/C12H18BrNOS/c1-2-9-7-14-4-3-12(9,15)6-11-5-10(13)8-16-11/h5,8-9,14-15H,2-4,6-7H2,1H3. The summed E-state index contributed by atoms with van der Waals surface area (Å²) in [4.78, 5) is 1.27. The molecule has 1 aliphatic rings. The van der Waals surface area contributed by atoms with Gasteiger partial charge in [-0.05, 0) is 41.4 Å². The van der Waals surface area contributed by atoms with Gasteiger partial charge in [-0.1, -0.05) is 6.92 Å². The molecule has 1 aromatic heterocycles. The Balaban J connectivity index is 2.10. The van der Waals surface area contributed by atoms with E-state index in [1.54, 1.807) is 11.3 Å². The van der Waals surface area contributed by atoms with E-state index in [1.165, 1.54) is 4.88 Å². The number of hydrogen-bond donors (Lipinski definition) is 2. The Labute approximate surface area is 109 Å². The zero-order valence-electron chi connectivity index (χ0n) is 9.50. The highest BCUT2D eigenvalue weighted by molar-refractivity contribution is 9.10. The molecule has 90 valence electrons. The largest absolute Gasteiger partial charge is 0.389 e. The molecule has 0 spiro atoms. The van der Waals surface area contributed by atoms with Crippen LogP contribution in [0.5, 0.6) is 0 Å². The molecular weight excluding hydrogens is 286 g/mol. The van der Waals surface area contributed by atoms with E-state index in [4.69, 9.17) is 0 Å². The van der Waals surface area contributed by atoms with Crippen molar-refractivity contribution in [3.05, 3.63) is 20.8 Å². The van der Waals surface area contributed by atoms with Crippen LogP contribution < -0.4 is 5.32 Å². The van der Waals surface area contributed by atoms with Crippen LogP contribution in [-0.4, -0.2) is 23.8 Å². The van der Waals surface area contributed by atoms with Gasteiger partial charge in [0.1, 0.15) is 0 Å². The lowest BCUT2D eigenvalue weighted by molar-refractivity contribution is -0.0408. The average Bonchev–Trinajstić information content (AvgIpc) is 2.64. The molecule has 2 unspecified atom stereocenters. The van der Waals surface area contributed by atoms with Crippen molar-refractivity contribution in [1.29, 1.82) is 0 Å². The number of rotatable bonds is 3. The molecule has 0 aliphatic carbocycles. The lowest BCUT2D eigenvalue weighted by Crippen LogP contribution is -2.51. The topological polar surface area (TPSA) is 32.3 Å². The van der Waals surface area contributed by atoms with Gasteiger partial charge in [0.15, 0.2) is 0 Å². The zero-order valence-corrected chi connectivity index (χ0v) is 11.9. The molecule has 0 aromatic carbocycles. The molecule has 0 amide bonds. The summed E-state index contributed by atoms with van der Waals surface area (Å²) >= 11 is 5.19. The van der Waals surface area contributed by atoms with Gasteiger partial charge in [0.25, 0.3) is 0 Å². The van der Waals surface area contributed by atoms with E-state index in [0.29, 0.717) is 5.92 Å². The molecule has 2 rings (SSSR count). The molecular formula is C12H18BrNOS. The van der Waals surface area contributed by atoms with Crippen molar-refractivity contribution in [3.8, 4) is 0 Å². The molecule has 2 atom stereocenters. The van der Waals surface area contributed by atoms with Crippen LogP contribution in [0.3, 0.4) is 0 Å². The molecule has 2 N–H and O–H groups in total. The first-order chi connectivity index (χ1) is 7.64. The van der Waals surface area contributed by atoms with Crippen LogP contribution in [0.25, 0.3) is 0 Å². The molecule has 4 heteroatoms. The number of piperidine rings is 1. The second-order valence-corrected chi connectivity index (χ2v) is 6.48. The van der Waals surface area contributed by atoms with Gasteiger partial charge in [0.2, 0.25) is 0 Å². The maximum absolute atomic E-state index is 10.7. The fourth-order valence-electron chi connectivity index (χ4n) is 2.48. The molecule has 1 aromatic rings. The number of thiophene rings is 1. The molecule has 1 fully saturated rings. The summed E-state index contributed by atoms with van der Waals surface area (Å²) in [5.41, 5.74) is -0.510. The molecule has 0 radical (unpaired) electrons. The normalized spacial score (nSPS) is 30.6.